The molecule has 0 saturated heterocycles. The third-order valence-corrected chi connectivity index (χ3v) is 0.906. The second-order valence-electron chi connectivity index (χ2n) is 0.970. The number of nitriles is 1. The Balaban J connectivity index is 2.97. The molecular weight excluding hydrogens is 106 g/mol. The number of nitrogens with zero attached hydrogens (tertiary/aromatic N) is 1. The van der Waals surface area contributed by atoms with Gasteiger partial charge in [-0.05, 0) is 11.7 Å². The van der Waals surface area contributed by atoms with E-state index in [1.165, 1.54) is 0 Å². The molecule has 0 aromatic heterocycles. The number of rotatable bonds is 2. The lowest BCUT2D eigenvalue weighted by molar-refractivity contribution is 1.36. The van der Waals surface area contributed by atoms with Crippen LogP contribution in [0.2, 0.25) is 0 Å². The monoisotopic (exact) mass is 113 g/mol. The summed E-state index contributed by atoms with van der Waals surface area (Å²) in [7, 11) is 0. The van der Waals surface area contributed by atoms with Gasteiger partial charge in [-0.2, -0.15) is 5.26 Å². The van der Waals surface area contributed by atoms with Crippen LogP contribution >= 0.6 is 11.8 Å². The highest BCUT2D eigenvalue weighted by Gasteiger charge is 1.66. The summed E-state index contributed by atoms with van der Waals surface area (Å²) in [6.07, 6.45) is 4.33. The molecule has 0 aliphatic carbocycles. The summed E-state index contributed by atoms with van der Waals surface area (Å²) < 4.78 is 0. The van der Waals surface area contributed by atoms with Gasteiger partial charge in [0.05, 0.1) is 12.5 Å². The van der Waals surface area contributed by atoms with Crippen LogP contribution in [0.3, 0.4) is 0 Å². The second-order valence-corrected chi connectivity index (χ2v) is 1.71. The summed E-state index contributed by atoms with van der Waals surface area (Å²) in [6, 6.07) is 2.00. The number of hydrogen-bond acceptors (Lipinski definition) is 2. The van der Waals surface area contributed by atoms with Crippen molar-refractivity contribution in [1.82, 2.24) is 0 Å². The van der Waals surface area contributed by atoms with E-state index in [0.29, 0.717) is 6.42 Å². The smallest absolute Gasteiger partial charge is 0.0663 e. The summed E-state index contributed by atoms with van der Waals surface area (Å²) in [4.78, 5) is 0. The molecule has 0 heterocycles. The van der Waals surface area contributed by atoms with Crippen molar-refractivity contribution >= 4 is 11.8 Å². The third kappa shape index (κ3) is 5.58. The third-order valence-electron chi connectivity index (χ3n) is 0.441. The van der Waals surface area contributed by atoms with Gasteiger partial charge in [-0.3, -0.25) is 0 Å². The van der Waals surface area contributed by atoms with E-state index in [1.807, 2.05) is 23.8 Å². The zero-order valence-electron chi connectivity index (χ0n) is 4.22. The molecule has 0 rings (SSSR count). The van der Waals surface area contributed by atoms with Gasteiger partial charge < -0.3 is 0 Å². The van der Waals surface area contributed by atoms with Crippen LogP contribution in [0.25, 0.3) is 0 Å². The predicted molar refractivity (Wildman–Crippen MR) is 32.9 cm³/mol. The van der Waals surface area contributed by atoms with Gasteiger partial charge in [0.1, 0.15) is 0 Å². The molecule has 0 aromatic carbocycles. The maximum Gasteiger partial charge on any atom is 0.0663 e. The number of thioether (sulfide) groups is 1. The van der Waals surface area contributed by atoms with E-state index in [-0.39, 0.29) is 0 Å². The van der Waals surface area contributed by atoms with E-state index < -0.39 is 0 Å². The van der Waals surface area contributed by atoms with Crippen molar-refractivity contribution in [2.24, 2.45) is 0 Å². The van der Waals surface area contributed by atoms with Crippen LogP contribution in [0.15, 0.2) is 11.5 Å². The van der Waals surface area contributed by atoms with Crippen molar-refractivity contribution in [2.75, 3.05) is 6.26 Å². The molecule has 7 heavy (non-hydrogen) atoms. The Hall–Kier alpha value is -0.420. The van der Waals surface area contributed by atoms with E-state index in [0.717, 1.165) is 0 Å². The minimum atomic E-state index is 0.529. The van der Waals surface area contributed by atoms with E-state index in [9.17, 15) is 0 Å². The molecule has 0 saturated carbocycles. The van der Waals surface area contributed by atoms with Gasteiger partial charge in [-0.15, -0.1) is 11.8 Å². The normalized spacial score (nSPS) is 9.14. The number of allylic oxidation sites excluding steroid dienone is 1. The zero-order chi connectivity index (χ0) is 5.54. The van der Waals surface area contributed by atoms with Crippen LogP contribution in [0, 0.1) is 11.3 Å². The van der Waals surface area contributed by atoms with Crippen LogP contribution < -0.4 is 0 Å². The average molecular weight is 113 g/mol. The summed E-state index contributed by atoms with van der Waals surface area (Å²) >= 11 is 1.61. The van der Waals surface area contributed by atoms with Crippen molar-refractivity contribution in [2.45, 2.75) is 6.42 Å². The van der Waals surface area contributed by atoms with Gasteiger partial charge in [0.15, 0.2) is 0 Å². The maximum absolute atomic E-state index is 7.98. The van der Waals surface area contributed by atoms with Gasteiger partial charge >= 0.3 is 0 Å². The molecule has 0 aromatic rings. The molecule has 0 fully saturated rings. The molecular formula is C5H7NS. The Morgan fingerprint density at radius 2 is 2.57 bits per heavy atom. The fourth-order valence-electron chi connectivity index (χ4n) is 0.197. The molecule has 0 aliphatic rings. The van der Waals surface area contributed by atoms with Crippen molar-refractivity contribution in [3.05, 3.63) is 11.5 Å². The van der Waals surface area contributed by atoms with Crippen LogP contribution in [-0.2, 0) is 0 Å². The lowest BCUT2D eigenvalue weighted by Gasteiger charge is -1.71. The van der Waals surface area contributed by atoms with Crippen LogP contribution in [0.1, 0.15) is 6.42 Å². The fourth-order valence-corrected chi connectivity index (χ4v) is 0.486. The van der Waals surface area contributed by atoms with Gasteiger partial charge in [0.25, 0.3) is 0 Å². The molecule has 0 bridgehead atoms. The number of hydrogen-bond donors (Lipinski definition) is 0. The van der Waals surface area contributed by atoms with E-state index >= 15 is 0 Å². The first-order valence-electron chi connectivity index (χ1n) is 1.96. The van der Waals surface area contributed by atoms with Gasteiger partial charge in [0, 0.05) is 0 Å². The van der Waals surface area contributed by atoms with Gasteiger partial charge in [-0.1, -0.05) is 6.08 Å². The Morgan fingerprint density at radius 3 is 3.00 bits per heavy atom. The Kier molecular flexibility index (Phi) is 5.25. The van der Waals surface area contributed by atoms with Crippen LogP contribution in [0.4, 0.5) is 0 Å². The summed E-state index contributed by atoms with van der Waals surface area (Å²) in [5, 5.41) is 9.89. The molecule has 0 spiro atoms. The first-order valence-corrected chi connectivity index (χ1v) is 3.25. The van der Waals surface area contributed by atoms with E-state index in [2.05, 4.69) is 0 Å². The van der Waals surface area contributed by atoms with E-state index in [4.69, 9.17) is 5.26 Å². The molecule has 38 valence electrons. The van der Waals surface area contributed by atoms with E-state index in [1.54, 1.807) is 11.8 Å². The van der Waals surface area contributed by atoms with Crippen molar-refractivity contribution in [1.29, 1.82) is 5.26 Å². The van der Waals surface area contributed by atoms with Gasteiger partial charge in [-0.25, -0.2) is 0 Å². The van der Waals surface area contributed by atoms with Crippen molar-refractivity contribution < 1.29 is 0 Å². The first kappa shape index (κ1) is 6.58. The summed E-state index contributed by atoms with van der Waals surface area (Å²) in [6.45, 7) is 0. The Bertz CT molecular complexity index is 90.7. The fraction of sp³-hybridized carbons (Fsp3) is 0.400. The minimum Gasteiger partial charge on any atom is -0.198 e. The van der Waals surface area contributed by atoms with Crippen LogP contribution in [0.5, 0.6) is 0 Å². The highest BCUT2D eigenvalue weighted by molar-refractivity contribution is 8.01. The molecule has 0 amide bonds. The summed E-state index contributed by atoms with van der Waals surface area (Å²) in [5.74, 6) is 0. The van der Waals surface area contributed by atoms with Gasteiger partial charge in [0.2, 0.25) is 0 Å². The molecule has 0 atom stereocenters. The molecule has 0 N–H and O–H groups in total. The highest BCUT2D eigenvalue weighted by Crippen LogP contribution is 1.93. The first-order chi connectivity index (χ1) is 3.41. The van der Waals surface area contributed by atoms with Crippen LogP contribution in [-0.4, -0.2) is 6.26 Å². The standard InChI is InChI=1S/C5H7NS/c1-7-5-3-2-4-6/h3,5H,2H2,1H3. The van der Waals surface area contributed by atoms with Crippen molar-refractivity contribution in [3.63, 3.8) is 0 Å². The SMILES string of the molecule is CSC=CCC#N. The molecule has 0 aliphatic heterocycles. The molecule has 0 unspecified atom stereocenters. The molecule has 1 nitrogen and oxygen atoms in total. The molecule has 2 heteroatoms. The minimum absolute atomic E-state index is 0.529. The predicted octanol–water partition coefficient (Wildman–Crippen LogP) is 1.78. The maximum atomic E-state index is 7.98. The Labute approximate surface area is 48.0 Å². The quantitative estimate of drug-likeness (QED) is 0.545. The second kappa shape index (κ2) is 5.58. The largest absolute Gasteiger partial charge is 0.198 e. The lowest BCUT2D eigenvalue weighted by Crippen LogP contribution is -1.51. The average Bonchev–Trinajstić information content (AvgIpc) is 1.69. The molecule has 0 radical (unpaired) electrons. The summed E-state index contributed by atoms with van der Waals surface area (Å²) in [5.41, 5.74) is 0. The zero-order valence-corrected chi connectivity index (χ0v) is 5.03. The lowest BCUT2D eigenvalue weighted by atomic mass is 10.5. The van der Waals surface area contributed by atoms with Crippen molar-refractivity contribution in [3.8, 4) is 6.07 Å². The highest BCUT2D eigenvalue weighted by atomic mass is 32.2. The Morgan fingerprint density at radius 1 is 1.86 bits per heavy atom. The topological polar surface area (TPSA) is 23.8 Å².